The van der Waals surface area contributed by atoms with E-state index in [0.29, 0.717) is 11.1 Å². The highest BCUT2D eigenvalue weighted by atomic mass is 16.3. The zero-order valence-corrected chi connectivity index (χ0v) is 8.32. The van der Waals surface area contributed by atoms with Crippen LogP contribution in [0.15, 0.2) is 17.1 Å². The maximum absolute atomic E-state index is 10.3. The SMILES string of the molecule is Cc1c(O)ccc(C2(N=C=O)CC2)c1O. The minimum atomic E-state index is -0.593. The van der Waals surface area contributed by atoms with Gasteiger partial charge in [-0.2, -0.15) is 4.99 Å². The van der Waals surface area contributed by atoms with Gasteiger partial charge in [0, 0.05) is 11.1 Å². The van der Waals surface area contributed by atoms with Crippen molar-refractivity contribution < 1.29 is 15.0 Å². The van der Waals surface area contributed by atoms with Crippen LogP contribution in [0.5, 0.6) is 11.5 Å². The summed E-state index contributed by atoms with van der Waals surface area (Å²) in [6, 6.07) is 3.11. The second-order valence-corrected chi connectivity index (χ2v) is 3.84. The number of nitrogens with zero attached hydrogens (tertiary/aromatic N) is 1. The van der Waals surface area contributed by atoms with Gasteiger partial charge in [-0.1, -0.05) is 0 Å². The molecule has 0 atom stereocenters. The Hall–Kier alpha value is -1.80. The van der Waals surface area contributed by atoms with E-state index in [1.54, 1.807) is 13.0 Å². The smallest absolute Gasteiger partial charge is 0.235 e. The third-order valence-electron chi connectivity index (χ3n) is 2.89. The van der Waals surface area contributed by atoms with E-state index in [2.05, 4.69) is 4.99 Å². The van der Waals surface area contributed by atoms with E-state index in [9.17, 15) is 15.0 Å². The van der Waals surface area contributed by atoms with Crippen molar-refractivity contribution in [2.45, 2.75) is 25.3 Å². The van der Waals surface area contributed by atoms with Crippen molar-refractivity contribution in [1.29, 1.82) is 0 Å². The molecule has 1 aliphatic rings. The molecule has 0 unspecified atom stereocenters. The zero-order valence-electron chi connectivity index (χ0n) is 8.32. The van der Waals surface area contributed by atoms with Crippen LogP contribution in [0.3, 0.4) is 0 Å². The quantitative estimate of drug-likeness (QED) is 0.570. The third-order valence-corrected chi connectivity index (χ3v) is 2.89. The number of aromatic hydroxyl groups is 2. The Balaban J connectivity index is 2.55. The van der Waals surface area contributed by atoms with Gasteiger partial charge in [0.15, 0.2) is 0 Å². The Morgan fingerprint density at radius 3 is 2.60 bits per heavy atom. The first-order valence-electron chi connectivity index (χ1n) is 4.72. The van der Waals surface area contributed by atoms with Gasteiger partial charge in [-0.3, -0.25) is 0 Å². The molecule has 0 amide bonds. The molecule has 1 fully saturated rings. The van der Waals surface area contributed by atoms with E-state index in [0.717, 1.165) is 12.8 Å². The molecule has 1 saturated carbocycles. The first-order valence-corrected chi connectivity index (χ1v) is 4.72. The molecule has 4 heteroatoms. The molecule has 0 spiro atoms. The largest absolute Gasteiger partial charge is 0.508 e. The fourth-order valence-electron chi connectivity index (χ4n) is 1.71. The van der Waals surface area contributed by atoms with Crippen LogP contribution < -0.4 is 0 Å². The molecule has 1 aliphatic carbocycles. The topological polar surface area (TPSA) is 69.9 Å². The number of hydrogen-bond acceptors (Lipinski definition) is 4. The Morgan fingerprint density at radius 2 is 2.07 bits per heavy atom. The molecule has 2 N–H and O–H groups in total. The highest BCUT2D eigenvalue weighted by Gasteiger charge is 2.47. The summed E-state index contributed by atoms with van der Waals surface area (Å²) in [4.78, 5) is 14.0. The monoisotopic (exact) mass is 205 g/mol. The maximum atomic E-state index is 10.3. The first kappa shape index (κ1) is 9.74. The van der Waals surface area contributed by atoms with Crippen molar-refractivity contribution in [3.8, 4) is 11.5 Å². The van der Waals surface area contributed by atoms with Crippen molar-refractivity contribution >= 4 is 6.08 Å². The Labute approximate surface area is 86.9 Å². The highest BCUT2D eigenvalue weighted by Crippen LogP contribution is 2.53. The van der Waals surface area contributed by atoms with E-state index < -0.39 is 5.54 Å². The molecule has 1 aromatic rings. The summed E-state index contributed by atoms with van der Waals surface area (Å²) in [5.74, 6) is 0.0635. The first-order chi connectivity index (χ1) is 7.10. The average Bonchev–Trinajstić information content (AvgIpc) is 2.96. The molecule has 0 bridgehead atoms. The second-order valence-electron chi connectivity index (χ2n) is 3.84. The van der Waals surface area contributed by atoms with Gasteiger partial charge in [0.05, 0.1) is 0 Å². The molecular weight excluding hydrogens is 194 g/mol. The predicted octanol–water partition coefficient (Wildman–Crippen LogP) is 1.73. The van der Waals surface area contributed by atoms with Gasteiger partial charge in [-0.15, -0.1) is 0 Å². The minimum absolute atomic E-state index is 0.0199. The lowest BCUT2D eigenvalue weighted by atomic mass is 10.0. The van der Waals surface area contributed by atoms with Gasteiger partial charge >= 0.3 is 0 Å². The van der Waals surface area contributed by atoms with Crippen LogP contribution in [-0.2, 0) is 10.3 Å². The van der Waals surface area contributed by atoms with E-state index in [4.69, 9.17) is 0 Å². The molecule has 2 rings (SSSR count). The lowest BCUT2D eigenvalue weighted by Crippen LogP contribution is -2.03. The predicted molar refractivity (Wildman–Crippen MR) is 53.5 cm³/mol. The average molecular weight is 205 g/mol. The van der Waals surface area contributed by atoms with Gasteiger partial charge in [-0.05, 0) is 31.9 Å². The fourth-order valence-corrected chi connectivity index (χ4v) is 1.71. The van der Waals surface area contributed by atoms with Crippen LogP contribution in [0.2, 0.25) is 0 Å². The number of phenols is 2. The lowest BCUT2D eigenvalue weighted by Gasteiger charge is -2.12. The number of phenolic OH excluding ortho intramolecular Hbond substituents is 2. The number of rotatable bonds is 2. The van der Waals surface area contributed by atoms with E-state index in [-0.39, 0.29) is 11.5 Å². The summed E-state index contributed by atoms with van der Waals surface area (Å²) >= 11 is 0. The molecule has 1 aromatic carbocycles. The molecule has 0 heterocycles. The molecule has 0 aliphatic heterocycles. The van der Waals surface area contributed by atoms with Crippen molar-refractivity contribution in [2.75, 3.05) is 0 Å². The van der Waals surface area contributed by atoms with E-state index >= 15 is 0 Å². The second kappa shape index (κ2) is 3.11. The Bertz CT molecular complexity index is 457. The minimum Gasteiger partial charge on any atom is -0.508 e. The van der Waals surface area contributed by atoms with Gasteiger partial charge < -0.3 is 10.2 Å². The molecule has 15 heavy (non-hydrogen) atoms. The lowest BCUT2D eigenvalue weighted by molar-refractivity contribution is 0.433. The molecule has 0 radical (unpaired) electrons. The Morgan fingerprint density at radius 1 is 1.40 bits per heavy atom. The summed E-state index contributed by atoms with van der Waals surface area (Å²) in [6.07, 6.45) is 3.00. The number of isocyanates is 1. The number of carbonyl (C=O) groups excluding carboxylic acids is 1. The van der Waals surface area contributed by atoms with Gasteiger partial charge in [0.25, 0.3) is 0 Å². The summed E-state index contributed by atoms with van der Waals surface area (Å²) < 4.78 is 0. The van der Waals surface area contributed by atoms with E-state index in [1.165, 1.54) is 12.1 Å². The van der Waals surface area contributed by atoms with E-state index in [1.807, 2.05) is 0 Å². The summed E-state index contributed by atoms with van der Waals surface area (Å²) in [5.41, 5.74) is 0.422. The fraction of sp³-hybridized carbons (Fsp3) is 0.364. The van der Waals surface area contributed by atoms with Crippen LogP contribution in [0, 0.1) is 6.92 Å². The summed E-state index contributed by atoms with van der Waals surface area (Å²) in [6.45, 7) is 1.62. The maximum Gasteiger partial charge on any atom is 0.235 e. The van der Waals surface area contributed by atoms with Crippen LogP contribution >= 0.6 is 0 Å². The van der Waals surface area contributed by atoms with Crippen LogP contribution in [0.4, 0.5) is 0 Å². The number of aliphatic imine (C=N–C) groups is 1. The van der Waals surface area contributed by atoms with Crippen molar-refractivity contribution in [2.24, 2.45) is 4.99 Å². The highest BCUT2D eigenvalue weighted by molar-refractivity contribution is 5.53. The molecule has 4 nitrogen and oxygen atoms in total. The number of benzene rings is 1. The number of hydrogen-bond donors (Lipinski definition) is 2. The van der Waals surface area contributed by atoms with Gasteiger partial charge in [-0.25, -0.2) is 4.79 Å². The van der Waals surface area contributed by atoms with Gasteiger partial charge in [0.2, 0.25) is 6.08 Å². The zero-order chi connectivity index (χ0) is 11.1. The molecule has 78 valence electrons. The summed E-state index contributed by atoms with van der Waals surface area (Å²) in [5, 5.41) is 19.2. The van der Waals surface area contributed by atoms with Crippen molar-refractivity contribution in [3.63, 3.8) is 0 Å². The third kappa shape index (κ3) is 1.39. The molecule has 0 aromatic heterocycles. The summed E-state index contributed by atoms with van der Waals surface area (Å²) in [7, 11) is 0. The standard InChI is InChI=1S/C11H11NO3/c1-7-9(14)3-2-8(10(7)15)11(4-5-11)12-6-13/h2-3,14-15H,4-5H2,1H3. The van der Waals surface area contributed by atoms with Crippen molar-refractivity contribution in [1.82, 2.24) is 0 Å². The van der Waals surface area contributed by atoms with Crippen LogP contribution in [0.25, 0.3) is 0 Å². The van der Waals surface area contributed by atoms with Crippen LogP contribution in [0.1, 0.15) is 24.0 Å². The van der Waals surface area contributed by atoms with Gasteiger partial charge in [0.1, 0.15) is 17.0 Å². The van der Waals surface area contributed by atoms with Crippen molar-refractivity contribution in [3.05, 3.63) is 23.3 Å². The van der Waals surface area contributed by atoms with Crippen LogP contribution in [-0.4, -0.2) is 16.3 Å². The normalized spacial score (nSPS) is 16.9. The Kier molecular flexibility index (Phi) is 2.02. The molecular formula is C11H11NO3. The molecule has 0 saturated heterocycles.